The van der Waals surface area contributed by atoms with Gasteiger partial charge in [-0.25, -0.2) is 0 Å². The third-order valence-corrected chi connectivity index (χ3v) is 4.65. The number of nitrogens with one attached hydrogen (secondary N) is 1. The van der Waals surface area contributed by atoms with Crippen molar-refractivity contribution in [3.8, 4) is 0 Å². The Hall–Kier alpha value is -0.820. The van der Waals surface area contributed by atoms with Gasteiger partial charge in [0.15, 0.2) is 0 Å². The maximum Gasteiger partial charge on any atom is 0.0348 e. The fourth-order valence-corrected chi connectivity index (χ4v) is 3.43. The highest BCUT2D eigenvalue weighted by Crippen LogP contribution is 2.36. The lowest BCUT2D eigenvalue weighted by molar-refractivity contribution is 0.281. The Morgan fingerprint density at radius 1 is 0.944 bits per heavy atom. The lowest BCUT2D eigenvalue weighted by Gasteiger charge is -2.31. The topological polar surface area (TPSA) is 12.0 Å². The molecule has 1 aromatic carbocycles. The Morgan fingerprint density at radius 2 is 1.56 bits per heavy atom. The van der Waals surface area contributed by atoms with Crippen molar-refractivity contribution >= 4 is 0 Å². The van der Waals surface area contributed by atoms with Crippen LogP contribution in [-0.2, 0) is 0 Å². The average Bonchev–Trinajstić information content (AvgIpc) is 2.38. The number of hydrogen-bond donors (Lipinski definition) is 1. The first-order valence-electron chi connectivity index (χ1n) is 7.38. The molecule has 1 heteroatoms. The molecule has 1 aromatic rings. The molecule has 0 amide bonds. The van der Waals surface area contributed by atoms with Crippen molar-refractivity contribution in [3.63, 3.8) is 0 Å². The van der Waals surface area contributed by atoms with Gasteiger partial charge in [-0.1, -0.05) is 31.4 Å². The standard InChI is InChI=1S/C17H27N/c1-12-10-14(3)16(11-13(12)2)17(18-4)15-8-6-5-7-9-15/h10-11,15,17-18H,5-9H2,1-4H3. The average molecular weight is 245 g/mol. The Balaban J connectivity index is 2.28. The summed E-state index contributed by atoms with van der Waals surface area (Å²) in [5.41, 5.74) is 5.80. The molecule has 0 heterocycles. The monoisotopic (exact) mass is 245 g/mol. The molecule has 1 aliphatic rings. The van der Waals surface area contributed by atoms with E-state index in [2.05, 4.69) is 45.3 Å². The van der Waals surface area contributed by atoms with Crippen LogP contribution in [0.25, 0.3) is 0 Å². The van der Waals surface area contributed by atoms with Gasteiger partial charge in [0.2, 0.25) is 0 Å². The first-order valence-corrected chi connectivity index (χ1v) is 7.38. The first kappa shape index (κ1) is 13.6. The second-order valence-electron chi connectivity index (χ2n) is 5.96. The van der Waals surface area contributed by atoms with Crippen LogP contribution in [0.2, 0.25) is 0 Å². The highest BCUT2D eigenvalue weighted by molar-refractivity contribution is 5.38. The zero-order valence-corrected chi connectivity index (χ0v) is 12.3. The molecule has 1 unspecified atom stereocenters. The molecule has 1 fully saturated rings. The Bertz CT molecular complexity index is 402. The summed E-state index contributed by atoms with van der Waals surface area (Å²) in [5.74, 6) is 0.824. The van der Waals surface area contributed by atoms with E-state index < -0.39 is 0 Å². The van der Waals surface area contributed by atoms with Gasteiger partial charge in [-0.05, 0) is 68.8 Å². The van der Waals surface area contributed by atoms with Gasteiger partial charge in [-0.3, -0.25) is 0 Å². The Morgan fingerprint density at radius 3 is 2.17 bits per heavy atom. The van der Waals surface area contributed by atoms with Crippen LogP contribution >= 0.6 is 0 Å². The zero-order chi connectivity index (χ0) is 13.1. The fraction of sp³-hybridized carbons (Fsp3) is 0.647. The summed E-state index contributed by atoms with van der Waals surface area (Å²) in [4.78, 5) is 0. The summed E-state index contributed by atoms with van der Waals surface area (Å²) >= 11 is 0. The van der Waals surface area contributed by atoms with Gasteiger partial charge in [0.1, 0.15) is 0 Å². The van der Waals surface area contributed by atoms with E-state index in [0.29, 0.717) is 6.04 Å². The summed E-state index contributed by atoms with van der Waals surface area (Å²) in [6.45, 7) is 6.70. The third kappa shape index (κ3) is 2.77. The molecule has 1 saturated carbocycles. The molecule has 0 bridgehead atoms. The number of rotatable bonds is 3. The van der Waals surface area contributed by atoms with Gasteiger partial charge in [0, 0.05) is 6.04 Å². The van der Waals surface area contributed by atoms with Gasteiger partial charge >= 0.3 is 0 Å². The second kappa shape index (κ2) is 5.88. The van der Waals surface area contributed by atoms with Gasteiger partial charge in [0.25, 0.3) is 0 Å². The van der Waals surface area contributed by atoms with E-state index >= 15 is 0 Å². The molecule has 0 aliphatic heterocycles. The first-order chi connectivity index (χ1) is 8.63. The summed E-state index contributed by atoms with van der Waals surface area (Å²) in [6, 6.07) is 5.29. The number of hydrogen-bond acceptors (Lipinski definition) is 1. The van der Waals surface area contributed by atoms with Gasteiger partial charge in [0.05, 0.1) is 0 Å². The van der Waals surface area contributed by atoms with Crippen LogP contribution in [-0.4, -0.2) is 7.05 Å². The summed E-state index contributed by atoms with van der Waals surface area (Å²) < 4.78 is 0. The molecular weight excluding hydrogens is 218 g/mol. The van der Waals surface area contributed by atoms with E-state index in [1.165, 1.54) is 54.4 Å². The zero-order valence-electron chi connectivity index (χ0n) is 12.3. The second-order valence-corrected chi connectivity index (χ2v) is 5.96. The molecule has 0 radical (unpaired) electrons. The van der Waals surface area contributed by atoms with Crippen molar-refractivity contribution in [2.24, 2.45) is 5.92 Å². The maximum atomic E-state index is 3.58. The van der Waals surface area contributed by atoms with E-state index in [1.54, 1.807) is 0 Å². The van der Waals surface area contributed by atoms with Crippen LogP contribution < -0.4 is 5.32 Å². The van der Waals surface area contributed by atoms with Crippen LogP contribution in [0.3, 0.4) is 0 Å². The van der Waals surface area contributed by atoms with E-state index in [-0.39, 0.29) is 0 Å². The van der Waals surface area contributed by atoms with Crippen molar-refractivity contribution in [2.75, 3.05) is 7.05 Å². The fourth-order valence-electron chi connectivity index (χ4n) is 3.43. The van der Waals surface area contributed by atoms with Crippen LogP contribution in [0, 0.1) is 26.7 Å². The minimum atomic E-state index is 0.546. The summed E-state index contributed by atoms with van der Waals surface area (Å²) in [6.07, 6.45) is 7.02. The van der Waals surface area contributed by atoms with Crippen LogP contribution in [0.1, 0.15) is 60.4 Å². The Labute approximate surface area is 112 Å². The van der Waals surface area contributed by atoms with Crippen molar-refractivity contribution < 1.29 is 0 Å². The largest absolute Gasteiger partial charge is 0.313 e. The van der Waals surface area contributed by atoms with E-state index in [9.17, 15) is 0 Å². The molecule has 0 aromatic heterocycles. The predicted octanol–water partition coefficient (Wildman–Crippen LogP) is 4.45. The molecule has 1 nitrogen and oxygen atoms in total. The quantitative estimate of drug-likeness (QED) is 0.829. The van der Waals surface area contributed by atoms with E-state index in [4.69, 9.17) is 0 Å². The van der Waals surface area contributed by atoms with Gasteiger partial charge < -0.3 is 5.32 Å². The Kier molecular flexibility index (Phi) is 4.45. The molecule has 18 heavy (non-hydrogen) atoms. The van der Waals surface area contributed by atoms with Gasteiger partial charge in [-0.2, -0.15) is 0 Å². The molecule has 2 rings (SSSR count). The highest BCUT2D eigenvalue weighted by atomic mass is 14.9. The number of aryl methyl sites for hydroxylation is 3. The third-order valence-electron chi connectivity index (χ3n) is 4.65. The van der Waals surface area contributed by atoms with Crippen LogP contribution in [0.4, 0.5) is 0 Å². The molecule has 1 N–H and O–H groups in total. The summed E-state index contributed by atoms with van der Waals surface area (Å²) in [5, 5.41) is 3.58. The predicted molar refractivity (Wildman–Crippen MR) is 79.0 cm³/mol. The molecule has 100 valence electrons. The van der Waals surface area contributed by atoms with E-state index in [1.807, 2.05) is 0 Å². The van der Waals surface area contributed by atoms with Crippen molar-refractivity contribution in [1.82, 2.24) is 5.32 Å². The molecule has 0 saturated heterocycles. The molecule has 0 spiro atoms. The molecular formula is C17H27N. The van der Waals surface area contributed by atoms with Crippen LogP contribution in [0.5, 0.6) is 0 Å². The minimum absolute atomic E-state index is 0.546. The molecule has 1 aliphatic carbocycles. The lowest BCUT2D eigenvalue weighted by Crippen LogP contribution is -2.27. The van der Waals surface area contributed by atoms with Crippen molar-refractivity contribution in [1.29, 1.82) is 0 Å². The normalized spacial score (nSPS) is 18.9. The minimum Gasteiger partial charge on any atom is -0.313 e. The van der Waals surface area contributed by atoms with Crippen LogP contribution in [0.15, 0.2) is 12.1 Å². The smallest absolute Gasteiger partial charge is 0.0348 e. The SMILES string of the molecule is CNC(c1cc(C)c(C)cc1C)C1CCCCC1. The molecule has 1 atom stereocenters. The maximum absolute atomic E-state index is 3.58. The number of benzene rings is 1. The van der Waals surface area contributed by atoms with Gasteiger partial charge in [-0.15, -0.1) is 0 Å². The van der Waals surface area contributed by atoms with Crippen molar-refractivity contribution in [3.05, 3.63) is 34.4 Å². The highest BCUT2D eigenvalue weighted by Gasteiger charge is 2.25. The van der Waals surface area contributed by atoms with E-state index in [0.717, 1.165) is 5.92 Å². The van der Waals surface area contributed by atoms with Crippen molar-refractivity contribution in [2.45, 2.75) is 58.9 Å². The summed E-state index contributed by atoms with van der Waals surface area (Å²) in [7, 11) is 2.12. The lowest BCUT2D eigenvalue weighted by atomic mass is 9.79.